The highest BCUT2D eigenvalue weighted by Gasteiger charge is 2.05. The van der Waals surface area contributed by atoms with E-state index < -0.39 is 5.97 Å². The maximum atomic E-state index is 9.86. The van der Waals surface area contributed by atoms with E-state index in [1.807, 2.05) is 0 Å². The monoisotopic (exact) mass is 230 g/mol. The molecule has 0 fully saturated rings. The minimum absolute atomic E-state index is 0.389. The first-order chi connectivity index (χ1) is 8.15. The summed E-state index contributed by atoms with van der Waals surface area (Å²) in [5.41, 5.74) is 3.37. The molecule has 0 spiro atoms. The van der Waals surface area contributed by atoms with E-state index in [0.717, 1.165) is 12.8 Å². The lowest BCUT2D eigenvalue weighted by Gasteiger charge is -1.99. The van der Waals surface area contributed by atoms with Gasteiger partial charge in [0.2, 0.25) is 0 Å². The molecule has 0 aromatic heterocycles. The van der Waals surface area contributed by atoms with Crippen LogP contribution in [0.4, 0.5) is 0 Å². The van der Waals surface area contributed by atoms with E-state index in [0.29, 0.717) is 5.57 Å². The molecule has 0 radical (unpaired) electrons. The number of carboxylic acids is 1. The number of carboxylic acid groups (broad SMARTS) is 1. The van der Waals surface area contributed by atoms with Gasteiger partial charge in [-0.1, -0.05) is 42.5 Å². The lowest BCUT2D eigenvalue weighted by molar-refractivity contribution is -0.132. The third kappa shape index (κ3) is 4.27. The van der Waals surface area contributed by atoms with Gasteiger partial charge in [0.25, 0.3) is 0 Å². The van der Waals surface area contributed by atoms with Crippen LogP contribution >= 0.6 is 0 Å². The maximum Gasteiger partial charge on any atom is 0.330 e. The van der Waals surface area contributed by atoms with Crippen LogP contribution in [0.15, 0.2) is 59.3 Å². The van der Waals surface area contributed by atoms with Crippen molar-refractivity contribution in [1.82, 2.24) is 0 Å². The lowest BCUT2D eigenvalue weighted by Crippen LogP contribution is -1.93. The van der Waals surface area contributed by atoms with Crippen molar-refractivity contribution < 1.29 is 9.90 Å². The molecule has 2 nitrogen and oxygen atoms in total. The van der Waals surface area contributed by atoms with Gasteiger partial charge >= 0.3 is 5.97 Å². The molecule has 90 valence electrons. The van der Waals surface area contributed by atoms with Crippen LogP contribution in [-0.2, 0) is 4.79 Å². The molecule has 0 aromatic carbocycles. The third-order valence-electron chi connectivity index (χ3n) is 2.73. The van der Waals surface area contributed by atoms with Crippen molar-refractivity contribution in [1.29, 1.82) is 0 Å². The molecular formula is C15H18O2. The van der Waals surface area contributed by atoms with E-state index in [1.54, 1.807) is 19.9 Å². The quantitative estimate of drug-likeness (QED) is 0.733. The summed E-state index contributed by atoms with van der Waals surface area (Å²) in [6, 6.07) is 0. The van der Waals surface area contributed by atoms with Gasteiger partial charge < -0.3 is 5.11 Å². The number of rotatable bonds is 2. The zero-order valence-electron chi connectivity index (χ0n) is 10.3. The van der Waals surface area contributed by atoms with Crippen molar-refractivity contribution in [3.8, 4) is 0 Å². The van der Waals surface area contributed by atoms with Crippen LogP contribution in [-0.4, -0.2) is 11.1 Å². The Hall–Kier alpha value is -1.83. The van der Waals surface area contributed by atoms with Gasteiger partial charge in [-0.2, -0.15) is 0 Å². The highest BCUT2D eigenvalue weighted by atomic mass is 16.4. The van der Waals surface area contributed by atoms with Gasteiger partial charge in [-0.15, -0.1) is 0 Å². The van der Waals surface area contributed by atoms with Crippen molar-refractivity contribution in [2.24, 2.45) is 0 Å². The molecule has 0 heterocycles. The number of aliphatic carboxylic acids is 1. The van der Waals surface area contributed by atoms with Gasteiger partial charge in [0, 0.05) is 5.57 Å². The van der Waals surface area contributed by atoms with Crippen molar-refractivity contribution in [2.45, 2.75) is 26.7 Å². The highest BCUT2D eigenvalue weighted by molar-refractivity contribution is 5.85. The molecule has 2 heteroatoms. The second-order valence-corrected chi connectivity index (χ2v) is 3.93. The summed E-state index contributed by atoms with van der Waals surface area (Å²) < 4.78 is 0. The summed E-state index contributed by atoms with van der Waals surface area (Å²) in [5, 5.41) is 8.11. The zero-order chi connectivity index (χ0) is 12.7. The van der Waals surface area contributed by atoms with E-state index in [-0.39, 0.29) is 0 Å². The molecule has 0 amide bonds. The summed E-state index contributed by atoms with van der Waals surface area (Å²) in [6.45, 7) is 3.26. The van der Waals surface area contributed by atoms with Crippen molar-refractivity contribution >= 4 is 5.97 Å². The Kier molecular flexibility index (Phi) is 5.21. The molecule has 2 aliphatic rings. The molecule has 0 atom stereocenters. The molecule has 1 N–H and O–H groups in total. The topological polar surface area (TPSA) is 37.3 Å². The van der Waals surface area contributed by atoms with Gasteiger partial charge in [-0.25, -0.2) is 4.79 Å². The summed E-state index contributed by atoms with van der Waals surface area (Å²) in [7, 11) is 0. The van der Waals surface area contributed by atoms with E-state index in [1.165, 1.54) is 11.1 Å². The molecule has 2 aliphatic carbocycles. The molecule has 0 saturated heterocycles. The summed E-state index contributed by atoms with van der Waals surface area (Å²) >= 11 is 0. The molecular weight excluding hydrogens is 212 g/mol. The summed E-state index contributed by atoms with van der Waals surface area (Å²) in [5.74, 6) is -0.845. The van der Waals surface area contributed by atoms with Gasteiger partial charge in [0.1, 0.15) is 0 Å². The summed E-state index contributed by atoms with van der Waals surface area (Å²) in [6.07, 6.45) is 16.9. The normalized spacial score (nSPS) is 17.4. The van der Waals surface area contributed by atoms with E-state index in [4.69, 9.17) is 5.11 Å². The number of carbonyl (C=O) groups is 1. The SMILES string of the molecule is C1=CCC(C2=CC=CC2)=C1.CC=C(C)C(=O)O. The number of hydrogen-bond donors (Lipinski definition) is 1. The standard InChI is InChI=1S/C10H10.C5H8O2/c1-2-6-9(5-1)10-7-3-4-8-10;1-3-4(2)5(6)7/h1-5,7H,6,8H2;3H,1-2H3,(H,6,7). The molecule has 0 aliphatic heterocycles. The Labute approximate surface area is 102 Å². The Morgan fingerprint density at radius 3 is 1.82 bits per heavy atom. The van der Waals surface area contributed by atoms with Crippen LogP contribution in [0.25, 0.3) is 0 Å². The molecule has 0 unspecified atom stereocenters. The second kappa shape index (κ2) is 6.69. The minimum atomic E-state index is -0.845. The maximum absolute atomic E-state index is 9.86. The first-order valence-electron chi connectivity index (χ1n) is 5.73. The van der Waals surface area contributed by atoms with Crippen LogP contribution in [0.2, 0.25) is 0 Å². The van der Waals surface area contributed by atoms with Crippen molar-refractivity contribution in [3.05, 3.63) is 59.3 Å². The molecule has 0 saturated carbocycles. The predicted molar refractivity (Wildman–Crippen MR) is 70.7 cm³/mol. The molecule has 0 bridgehead atoms. The van der Waals surface area contributed by atoms with Crippen LogP contribution in [0.3, 0.4) is 0 Å². The Balaban J connectivity index is 0.000000185. The first kappa shape index (κ1) is 13.2. The van der Waals surface area contributed by atoms with Gasteiger partial charge in [-0.05, 0) is 37.8 Å². The fourth-order valence-electron chi connectivity index (χ4n) is 1.49. The average Bonchev–Trinajstić information content (AvgIpc) is 2.99. The third-order valence-corrected chi connectivity index (χ3v) is 2.73. The zero-order valence-corrected chi connectivity index (χ0v) is 10.3. The smallest absolute Gasteiger partial charge is 0.330 e. The predicted octanol–water partition coefficient (Wildman–Crippen LogP) is 3.80. The van der Waals surface area contributed by atoms with Crippen molar-refractivity contribution in [2.75, 3.05) is 0 Å². The Bertz CT molecular complexity index is 404. The van der Waals surface area contributed by atoms with Crippen LogP contribution < -0.4 is 0 Å². The molecule has 0 aromatic rings. The van der Waals surface area contributed by atoms with Crippen molar-refractivity contribution in [3.63, 3.8) is 0 Å². The Morgan fingerprint density at radius 1 is 1.18 bits per heavy atom. The first-order valence-corrected chi connectivity index (χ1v) is 5.73. The van der Waals surface area contributed by atoms with Crippen LogP contribution in [0.1, 0.15) is 26.7 Å². The highest BCUT2D eigenvalue weighted by Crippen LogP contribution is 2.25. The van der Waals surface area contributed by atoms with E-state index in [9.17, 15) is 4.79 Å². The fraction of sp³-hybridized carbons (Fsp3) is 0.267. The fourth-order valence-corrected chi connectivity index (χ4v) is 1.49. The van der Waals surface area contributed by atoms with Gasteiger partial charge in [0.05, 0.1) is 0 Å². The van der Waals surface area contributed by atoms with E-state index >= 15 is 0 Å². The van der Waals surface area contributed by atoms with Crippen LogP contribution in [0, 0.1) is 0 Å². The lowest BCUT2D eigenvalue weighted by atomic mass is 10.1. The van der Waals surface area contributed by atoms with Gasteiger partial charge in [0.15, 0.2) is 0 Å². The van der Waals surface area contributed by atoms with Gasteiger partial charge in [-0.3, -0.25) is 0 Å². The molecule has 17 heavy (non-hydrogen) atoms. The van der Waals surface area contributed by atoms with Crippen LogP contribution in [0.5, 0.6) is 0 Å². The number of allylic oxidation sites excluding steroid dienone is 9. The van der Waals surface area contributed by atoms with E-state index in [2.05, 4.69) is 36.5 Å². The minimum Gasteiger partial charge on any atom is -0.478 e. The molecule has 2 rings (SSSR count). The Morgan fingerprint density at radius 2 is 1.65 bits per heavy atom. The average molecular weight is 230 g/mol. The number of hydrogen-bond acceptors (Lipinski definition) is 1. The second-order valence-electron chi connectivity index (χ2n) is 3.93. The largest absolute Gasteiger partial charge is 0.478 e. The summed E-state index contributed by atoms with van der Waals surface area (Å²) in [4.78, 5) is 9.86.